The van der Waals surface area contributed by atoms with Crippen LogP contribution in [0.25, 0.3) is 0 Å². The average Bonchev–Trinajstić information content (AvgIpc) is 2.45. The quantitative estimate of drug-likeness (QED) is 0.545. The highest BCUT2D eigenvalue weighted by molar-refractivity contribution is 5.05. The summed E-state index contributed by atoms with van der Waals surface area (Å²) in [5, 5.41) is 0. The first-order chi connectivity index (χ1) is 4.76. The molecular weight excluding hydrogens is 131 g/mol. The average molecular weight is 144 g/mol. The second-order valence-electron chi connectivity index (χ2n) is 3.69. The molecule has 0 aromatic heterocycles. The molecule has 2 atom stereocenters. The van der Waals surface area contributed by atoms with Crippen LogP contribution in [-0.4, -0.2) is 30.1 Å². The van der Waals surface area contributed by atoms with Crippen LogP contribution in [0, 0.1) is 0 Å². The minimum Gasteiger partial charge on any atom is -0.301 e. The van der Waals surface area contributed by atoms with Crippen LogP contribution in [0.5, 0.6) is 0 Å². The van der Waals surface area contributed by atoms with E-state index < -0.39 is 0 Å². The van der Waals surface area contributed by atoms with Gasteiger partial charge >= 0.3 is 0 Å². The third kappa shape index (κ3) is 0.705. The van der Waals surface area contributed by atoms with Gasteiger partial charge in [0.1, 0.15) is 0 Å². The lowest BCUT2D eigenvalue weighted by molar-refractivity contribution is 0.149. The second kappa shape index (κ2) is 1.92. The van der Waals surface area contributed by atoms with Crippen molar-refractivity contribution in [3.63, 3.8) is 0 Å². The largest absolute Gasteiger partial charge is 0.301 e. The van der Waals surface area contributed by atoms with Gasteiger partial charge < -0.3 is 4.90 Å². The molecule has 1 saturated heterocycles. The summed E-state index contributed by atoms with van der Waals surface area (Å²) in [6.45, 7) is 0.883. The predicted octanol–water partition coefficient (Wildman–Crippen LogP) is 0.697. The van der Waals surface area contributed by atoms with Crippen LogP contribution in [0.4, 0.5) is 4.48 Å². The highest BCUT2D eigenvalue weighted by Gasteiger charge is 2.48. The number of likely N-dealkylation sites (tertiary alicyclic amines) is 1. The summed E-state index contributed by atoms with van der Waals surface area (Å²) in [5.41, 5.74) is 1.79. The van der Waals surface area contributed by atoms with Gasteiger partial charge in [0.15, 0.2) is 0 Å². The van der Waals surface area contributed by atoms with E-state index in [1.165, 1.54) is 0 Å². The molecule has 58 valence electrons. The topological polar surface area (TPSA) is 15.3 Å². The summed E-state index contributed by atoms with van der Waals surface area (Å²) < 4.78 is 12.3. The molecule has 2 aliphatic rings. The Balaban J connectivity index is 2.14. The number of hydrogen-bond donors (Lipinski definition) is 1. The van der Waals surface area contributed by atoms with Crippen molar-refractivity contribution < 1.29 is 4.48 Å². The molecule has 3 heteroatoms. The van der Waals surface area contributed by atoms with Gasteiger partial charge in [-0.05, 0) is 26.3 Å². The highest BCUT2D eigenvalue weighted by atomic mass is 19.2. The molecule has 2 nitrogen and oxygen atoms in total. The summed E-state index contributed by atoms with van der Waals surface area (Å²) >= 11 is 0. The van der Waals surface area contributed by atoms with Crippen LogP contribution in [0.15, 0.2) is 0 Å². The summed E-state index contributed by atoms with van der Waals surface area (Å²) in [4.78, 5) is 2.25. The van der Waals surface area contributed by atoms with Crippen LogP contribution in [0.3, 0.4) is 0 Å². The lowest BCUT2D eigenvalue weighted by atomic mass is 10.0. The first-order valence-corrected chi connectivity index (χ1v) is 3.84. The number of halogens is 1. The molecule has 2 rings (SSSR count). The van der Waals surface area contributed by atoms with Crippen LogP contribution >= 0.6 is 0 Å². The lowest BCUT2D eigenvalue weighted by Crippen LogP contribution is -2.43. The van der Waals surface area contributed by atoms with Crippen molar-refractivity contribution in [3.8, 4) is 0 Å². The number of rotatable bonds is 1. The summed E-state index contributed by atoms with van der Waals surface area (Å²) in [7, 11) is 2.07. The first-order valence-electron chi connectivity index (χ1n) is 3.84. The molecule has 0 aromatic rings. The van der Waals surface area contributed by atoms with E-state index in [-0.39, 0.29) is 5.54 Å². The fourth-order valence-corrected chi connectivity index (χ4v) is 2.34. The van der Waals surface area contributed by atoms with Gasteiger partial charge in [-0.25, -0.2) is 0 Å². The van der Waals surface area contributed by atoms with Crippen LogP contribution in [-0.2, 0) is 0 Å². The van der Waals surface area contributed by atoms with Gasteiger partial charge in [-0.1, -0.05) is 0 Å². The molecule has 1 heterocycles. The molecule has 1 saturated carbocycles. The predicted molar refractivity (Wildman–Crippen MR) is 37.2 cm³/mol. The Bertz CT molecular complexity index is 147. The third-order valence-electron chi connectivity index (χ3n) is 2.96. The third-order valence-corrected chi connectivity index (χ3v) is 2.96. The fraction of sp³-hybridized carbons (Fsp3) is 1.00. The Morgan fingerprint density at radius 2 is 2.50 bits per heavy atom. The number of nitrogens with one attached hydrogen (secondary N) is 1. The van der Waals surface area contributed by atoms with Gasteiger partial charge in [0.2, 0.25) is 0 Å². The first kappa shape index (κ1) is 6.55. The Hall–Kier alpha value is -0.150. The van der Waals surface area contributed by atoms with E-state index in [9.17, 15) is 4.48 Å². The normalized spacial score (nSPS) is 46.8. The zero-order valence-corrected chi connectivity index (χ0v) is 6.23. The van der Waals surface area contributed by atoms with Gasteiger partial charge in [0.05, 0.1) is 5.54 Å². The molecule has 2 fully saturated rings. The molecule has 1 aliphatic carbocycles. The van der Waals surface area contributed by atoms with Crippen molar-refractivity contribution >= 4 is 0 Å². The van der Waals surface area contributed by atoms with E-state index in [1.807, 2.05) is 5.54 Å². The van der Waals surface area contributed by atoms with Crippen molar-refractivity contribution in [1.29, 1.82) is 0 Å². The smallest absolute Gasteiger partial charge is 0.0624 e. The van der Waals surface area contributed by atoms with Crippen LogP contribution in [0.1, 0.15) is 19.3 Å². The number of likely N-dealkylation sites (N-methyl/N-ethyl adjacent to an activating group) is 1. The van der Waals surface area contributed by atoms with E-state index in [0.717, 1.165) is 25.8 Å². The van der Waals surface area contributed by atoms with E-state index in [4.69, 9.17) is 0 Å². The maximum Gasteiger partial charge on any atom is 0.0624 e. The Morgan fingerprint density at radius 3 is 2.80 bits per heavy atom. The monoisotopic (exact) mass is 144 g/mol. The molecule has 2 bridgehead atoms. The highest BCUT2D eigenvalue weighted by Crippen LogP contribution is 2.39. The number of fused-ring (bicyclic) bond motifs is 2. The van der Waals surface area contributed by atoms with Gasteiger partial charge in [0.25, 0.3) is 0 Å². The maximum absolute atomic E-state index is 12.3. The second-order valence-corrected chi connectivity index (χ2v) is 3.69. The molecule has 0 spiro atoms. The SMILES string of the molecule is CN1C[C@@]2(NF)CC[C@@H]1C2. The van der Waals surface area contributed by atoms with Gasteiger partial charge in [-0.15, -0.1) is 4.48 Å². The number of piperidine rings is 1. The van der Waals surface area contributed by atoms with Crippen molar-refractivity contribution in [2.45, 2.75) is 30.8 Å². The molecule has 0 radical (unpaired) electrons. The minimum atomic E-state index is -0.167. The minimum absolute atomic E-state index is 0.167. The lowest BCUT2D eigenvalue weighted by Gasteiger charge is -2.27. The summed E-state index contributed by atoms with van der Waals surface area (Å²) in [6, 6.07) is 0.642. The molecule has 0 amide bonds. The Kier molecular flexibility index (Phi) is 1.26. The molecule has 0 aromatic carbocycles. The fourth-order valence-electron chi connectivity index (χ4n) is 2.34. The Morgan fingerprint density at radius 1 is 1.70 bits per heavy atom. The van der Waals surface area contributed by atoms with E-state index in [0.29, 0.717) is 6.04 Å². The van der Waals surface area contributed by atoms with Gasteiger partial charge in [0, 0.05) is 12.6 Å². The number of hydrogen-bond acceptors (Lipinski definition) is 2. The Labute approximate surface area is 60.3 Å². The van der Waals surface area contributed by atoms with E-state index in [1.54, 1.807) is 0 Å². The summed E-state index contributed by atoms with van der Waals surface area (Å²) in [5.74, 6) is 0. The standard InChI is InChI=1S/C7H13FN2/c1-10-5-7(9-8)3-2-6(10)4-7/h6,9H,2-5H2,1H3/t6-,7-/m1/s1. The zero-order chi connectivity index (χ0) is 7.19. The maximum atomic E-state index is 12.3. The molecule has 1 aliphatic heterocycles. The number of nitrogens with zero attached hydrogens (tertiary/aromatic N) is 1. The molecule has 1 N–H and O–H groups in total. The molecule has 0 unspecified atom stereocenters. The van der Waals surface area contributed by atoms with Gasteiger partial charge in [-0.3, -0.25) is 0 Å². The zero-order valence-electron chi connectivity index (χ0n) is 6.23. The van der Waals surface area contributed by atoms with Crippen molar-refractivity contribution in [3.05, 3.63) is 0 Å². The molecule has 10 heavy (non-hydrogen) atoms. The molecular formula is C7H13FN2. The van der Waals surface area contributed by atoms with Crippen LogP contribution < -0.4 is 5.54 Å². The van der Waals surface area contributed by atoms with Crippen molar-refractivity contribution in [2.24, 2.45) is 0 Å². The van der Waals surface area contributed by atoms with Gasteiger partial charge in [-0.2, -0.15) is 5.54 Å². The van der Waals surface area contributed by atoms with Crippen molar-refractivity contribution in [1.82, 2.24) is 10.4 Å². The summed E-state index contributed by atoms with van der Waals surface area (Å²) in [6.07, 6.45) is 3.17. The van der Waals surface area contributed by atoms with Crippen molar-refractivity contribution in [2.75, 3.05) is 13.6 Å². The van der Waals surface area contributed by atoms with E-state index >= 15 is 0 Å². The van der Waals surface area contributed by atoms with E-state index in [2.05, 4.69) is 11.9 Å². The van der Waals surface area contributed by atoms with Crippen LogP contribution in [0.2, 0.25) is 0 Å².